The summed E-state index contributed by atoms with van der Waals surface area (Å²) in [5, 5.41) is 10.6. The third-order valence-electron chi connectivity index (χ3n) is 3.57. The van der Waals surface area contributed by atoms with Gasteiger partial charge in [0.2, 0.25) is 0 Å². The van der Waals surface area contributed by atoms with E-state index < -0.39 is 6.10 Å². The van der Waals surface area contributed by atoms with Gasteiger partial charge in [-0.3, -0.25) is 0 Å². The van der Waals surface area contributed by atoms with Gasteiger partial charge in [0.1, 0.15) is 11.9 Å². The lowest BCUT2D eigenvalue weighted by Gasteiger charge is -2.16. The number of rotatable bonds is 4. The second-order valence-electron chi connectivity index (χ2n) is 4.89. The molecule has 1 N–H and O–H groups in total. The van der Waals surface area contributed by atoms with E-state index in [-0.39, 0.29) is 0 Å². The maximum absolute atomic E-state index is 10.6. The van der Waals surface area contributed by atoms with Crippen molar-refractivity contribution in [2.75, 3.05) is 6.61 Å². The Hall–Kier alpha value is -1.84. The van der Waals surface area contributed by atoms with Gasteiger partial charge in [0.15, 0.2) is 0 Å². The van der Waals surface area contributed by atoms with Crippen molar-refractivity contribution < 1.29 is 14.6 Å². The monoisotopic (exact) mass is 270 g/mol. The Bertz CT molecular complexity index is 607. The summed E-state index contributed by atoms with van der Waals surface area (Å²) < 4.78 is 11.0. The Morgan fingerprint density at radius 1 is 1.15 bits per heavy atom. The Morgan fingerprint density at radius 3 is 2.80 bits per heavy atom. The molecule has 0 saturated heterocycles. The van der Waals surface area contributed by atoms with Gasteiger partial charge in [-0.2, -0.15) is 0 Å². The van der Waals surface area contributed by atoms with Crippen LogP contribution in [0.15, 0.2) is 42.5 Å². The van der Waals surface area contributed by atoms with E-state index in [4.69, 9.17) is 9.47 Å². The highest BCUT2D eigenvalue weighted by atomic mass is 16.5. The molecule has 20 heavy (non-hydrogen) atoms. The van der Waals surface area contributed by atoms with Crippen molar-refractivity contribution in [3.05, 3.63) is 64.7 Å². The van der Waals surface area contributed by atoms with Crippen LogP contribution in [0.1, 0.15) is 35.3 Å². The molecular formula is C17H18O3. The van der Waals surface area contributed by atoms with Crippen molar-refractivity contribution in [1.29, 1.82) is 0 Å². The van der Waals surface area contributed by atoms with Gasteiger partial charge < -0.3 is 14.6 Å². The minimum absolute atomic E-state index is 0.585. The van der Waals surface area contributed by atoms with E-state index in [2.05, 4.69) is 0 Å². The summed E-state index contributed by atoms with van der Waals surface area (Å²) in [5.41, 5.74) is 4.05. The topological polar surface area (TPSA) is 38.7 Å². The Labute approximate surface area is 118 Å². The van der Waals surface area contributed by atoms with E-state index >= 15 is 0 Å². The molecule has 1 unspecified atom stereocenters. The van der Waals surface area contributed by atoms with Crippen LogP contribution in [0.25, 0.3) is 0 Å². The van der Waals surface area contributed by atoms with Gasteiger partial charge in [-0.15, -0.1) is 0 Å². The van der Waals surface area contributed by atoms with Gasteiger partial charge in [0, 0.05) is 5.56 Å². The average molecular weight is 270 g/mol. The third-order valence-corrected chi connectivity index (χ3v) is 3.57. The molecule has 0 radical (unpaired) electrons. The van der Waals surface area contributed by atoms with Gasteiger partial charge in [0.25, 0.3) is 0 Å². The largest absolute Gasteiger partial charge is 0.493 e. The fraction of sp³-hybridized carbons (Fsp3) is 0.294. The zero-order valence-electron chi connectivity index (χ0n) is 11.5. The molecule has 2 aromatic carbocycles. The second kappa shape index (κ2) is 5.65. The van der Waals surface area contributed by atoms with Crippen molar-refractivity contribution in [2.24, 2.45) is 0 Å². The number of fused-ring (bicyclic) bond motifs is 1. The van der Waals surface area contributed by atoms with E-state index in [1.54, 1.807) is 0 Å². The zero-order valence-corrected chi connectivity index (χ0v) is 11.5. The molecule has 3 rings (SSSR count). The van der Waals surface area contributed by atoms with Crippen molar-refractivity contribution in [1.82, 2.24) is 0 Å². The van der Waals surface area contributed by atoms with Crippen LogP contribution in [-0.4, -0.2) is 11.7 Å². The number of aliphatic hydroxyl groups excluding tert-OH is 1. The summed E-state index contributed by atoms with van der Waals surface area (Å²) in [4.78, 5) is 0. The predicted octanol–water partition coefficient (Wildman–Crippen LogP) is 3.20. The summed E-state index contributed by atoms with van der Waals surface area (Å²) in [6, 6.07) is 13.6. The van der Waals surface area contributed by atoms with Crippen LogP contribution in [0.3, 0.4) is 0 Å². The van der Waals surface area contributed by atoms with Crippen LogP contribution >= 0.6 is 0 Å². The zero-order chi connectivity index (χ0) is 13.9. The third kappa shape index (κ3) is 2.42. The van der Waals surface area contributed by atoms with Crippen molar-refractivity contribution in [3.8, 4) is 5.75 Å². The first-order chi connectivity index (χ1) is 9.79. The van der Waals surface area contributed by atoms with Crippen molar-refractivity contribution in [2.45, 2.75) is 26.2 Å². The maximum Gasteiger partial charge on any atom is 0.125 e. The minimum atomic E-state index is -0.677. The number of ether oxygens (including phenoxy) is 2. The van der Waals surface area contributed by atoms with Gasteiger partial charge >= 0.3 is 0 Å². The molecule has 0 amide bonds. The first-order valence-corrected chi connectivity index (χ1v) is 6.89. The van der Waals surface area contributed by atoms with Crippen LogP contribution in [0.5, 0.6) is 5.75 Å². The maximum atomic E-state index is 10.6. The van der Waals surface area contributed by atoms with Crippen LogP contribution in [-0.2, 0) is 18.0 Å². The van der Waals surface area contributed by atoms with E-state index in [1.165, 1.54) is 5.56 Å². The highest BCUT2D eigenvalue weighted by Gasteiger charge is 2.18. The van der Waals surface area contributed by atoms with E-state index in [0.717, 1.165) is 22.4 Å². The van der Waals surface area contributed by atoms with E-state index in [1.807, 2.05) is 49.4 Å². The fourth-order valence-electron chi connectivity index (χ4n) is 2.53. The second-order valence-corrected chi connectivity index (χ2v) is 4.89. The Kier molecular flexibility index (Phi) is 3.72. The lowest BCUT2D eigenvalue weighted by atomic mass is 9.97. The number of hydrogen-bond acceptors (Lipinski definition) is 3. The predicted molar refractivity (Wildman–Crippen MR) is 76.6 cm³/mol. The van der Waals surface area contributed by atoms with E-state index in [0.29, 0.717) is 19.8 Å². The number of hydrogen-bond donors (Lipinski definition) is 1. The highest BCUT2D eigenvalue weighted by molar-refractivity contribution is 5.42. The molecule has 0 aromatic heterocycles. The molecule has 1 heterocycles. The first-order valence-electron chi connectivity index (χ1n) is 6.89. The standard InChI is InChI=1S/C17H18O3/c1-2-20-16-6-4-3-5-15(16)17(18)12-7-8-13-10-19-11-14(13)9-12/h3-9,17-18H,2,10-11H2,1H3. The first kappa shape index (κ1) is 13.2. The summed E-state index contributed by atoms with van der Waals surface area (Å²) in [7, 11) is 0. The van der Waals surface area contributed by atoms with Gasteiger partial charge in [-0.1, -0.05) is 36.4 Å². The van der Waals surface area contributed by atoms with Crippen molar-refractivity contribution >= 4 is 0 Å². The van der Waals surface area contributed by atoms with Crippen molar-refractivity contribution in [3.63, 3.8) is 0 Å². The summed E-state index contributed by atoms with van der Waals surface area (Å²) in [6.07, 6.45) is -0.677. The van der Waals surface area contributed by atoms with Gasteiger partial charge in [-0.05, 0) is 29.7 Å². The smallest absolute Gasteiger partial charge is 0.125 e. The lowest BCUT2D eigenvalue weighted by Crippen LogP contribution is -2.04. The molecule has 1 aliphatic heterocycles. The van der Waals surface area contributed by atoms with Crippen LogP contribution in [0, 0.1) is 0 Å². The molecule has 3 nitrogen and oxygen atoms in total. The SMILES string of the molecule is CCOc1ccccc1C(O)c1ccc2c(c1)COC2. The molecule has 0 bridgehead atoms. The molecule has 3 heteroatoms. The number of aliphatic hydroxyl groups is 1. The van der Waals surface area contributed by atoms with Crippen LogP contribution in [0.4, 0.5) is 0 Å². The Morgan fingerprint density at radius 2 is 1.95 bits per heavy atom. The minimum Gasteiger partial charge on any atom is -0.493 e. The summed E-state index contributed by atoms with van der Waals surface area (Å²) >= 11 is 0. The molecule has 0 spiro atoms. The number of benzene rings is 2. The molecule has 104 valence electrons. The quantitative estimate of drug-likeness (QED) is 0.927. The molecular weight excluding hydrogens is 252 g/mol. The summed E-state index contributed by atoms with van der Waals surface area (Å²) in [5.74, 6) is 0.735. The number of para-hydroxylation sites is 1. The van der Waals surface area contributed by atoms with Gasteiger partial charge in [-0.25, -0.2) is 0 Å². The normalized spacial score (nSPS) is 14.9. The fourth-order valence-corrected chi connectivity index (χ4v) is 2.53. The Balaban J connectivity index is 1.94. The molecule has 0 fully saturated rings. The molecule has 1 atom stereocenters. The molecule has 0 saturated carbocycles. The highest BCUT2D eigenvalue weighted by Crippen LogP contribution is 2.32. The molecule has 2 aromatic rings. The van der Waals surface area contributed by atoms with Gasteiger partial charge in [0.05, 0.1) is 19.8 Å². The van der Waals surface area contributed by atoms with Crippen LogP contribution < -0.4 is 4.74 Å². The molecule has 1 aliphatic rings. The average Bonchev–Trinajstić information content (AvgIpc) is 2.95. The van der Waals surface area contributed by atoms with E-state index in [9.17, 15) is 5.11 Å². The lowest BCUT2D eigenvalue weighted by molar-refractivity contribution is 0.134. The summed E-state index contributed by atoms with van der Waals surface area (Å²) in [6.45, 7) is 3.82. The molecule has 0 aliphatic carbocycles. The van der Waals surface area contributed by atoms with Crippen LogP contribution in [0.2, 0.25) is 0 Å².